The molecule has 0 bridgehead atoms. The molecule has 5 heteroatoms. The average molecular weight is 304 g/mol. The molecule has 0 aromatic heterocycles. The fourth-order valence-corrected chi connectivity index (χ4v) is 2.07. The third-order valence-electron chi connectivity index (χ3n) is 3.34. The summed E-state index contributed by atoms with van der Waals surface area (Å²) in [5, 5.41) is 13.5. The zero-order valence-electron chi connectivity index (χ0n) is 13.4. The highest BCUT2D eigenvalue weighted by atomic mass is 16.6. The van der Waals surface area contributed by atoms with E-state index in [0.717, 1.165) is 18.4 Å². The predicted molar refractivity (Wildman–Crippen MR) is 88.4 cm³/mol. The molecular formula is C17H24N2O3. The van der Waals surface area contributed by atoms with Crippen molar-refractivity contribution in [3.8, 4) is 0 Å². The molecule has 0 radical (unpaired) electrons. The van der Waals surface area contributed by atoms with Gasteiger partial charge in [0.15, 0.2) is 0 Å². The van der Waals surface area contributed by atoms with Gasteiger partial charge in [0.05, 0.1) is 4.92 Å². The van der Waals surface area contributed by atoms with E-state index in [2.05, 4.69) is 19.2 Å². The van der Waals surface area contributed by atoms with Crippen LogP contribution in [0.2, 0.25) is 0 Å². The van der Waals surface area contributed by atoms with Gasteiger partial charge in [0.1, 0.15) is 0 Å². The van der Waals surface area contributed by atoms with E-state index in [1.165, 1.54) is 24.6 Å². The quantitative estimate of drug-likeness (QED) is 0.449. The summed E-state index contributed by atoms with van der Waals surface area (Å²) in [5.74, 6) is 0.542. The molecule has 0 heterocycles. The van der Waals surface area contributed by atoms with Crippen molar-refractivity contribution in [3.63, 3.8) is 0 Å². The lowest BCUT2D eigenvalue weighted by atomic mass is 10.0. The minimum absolute atomic E-state index is 0.0420. The molecule has 120 valence electrons. The van der Waals surface area contributed by atoms with Gasteiger partial charge in [0.2, 0.25) is 5.91 Å². The van der Waals surface area contributed by atoms with Gasteiger partial charge in [-0.1, -0.05) is 26.7 Å². The van der Waals surface area contributed by atoms with E-state index in [1.807, 2.05) is 6.92 Å². The number of carbonyl (C=O) groups is 1. The highest BCUT2D eigenvalue weighted by Crippen LogP contribution is 2.13. The van der Waals surface area contributed by atoms with Crippen molar-refractivity contribution in [1.82, 2.24) is 5.32 Å². The van der Waals surface area contributed by atoms with Crippen LogP contribution in [-0.2, 0) is 4.79 Å². The third-order valence-corrected chi connectivity index (χ3v) is 3.34. The minimum atomic E-state index is -0.445. The second-order valence-corrected chi connectivity index (χ2v) is 5.92. The summed E-state index contributed by atoms with van der Waals surface area (Å²) in [5.41, 5.74) is 0.800. The van der Waals surface area contributed by atoms with Crippen molar-refractivity contribution in [2.45, 2.75) is 46.1 Å². The van der Waals surface area contributed by atoms with Crippen molar-refractivity contribution in [2.75, 3.05) is 0 Å². The van der Waals surface area contributed by atoms with Crippen molar-refractivity contribution in [1.29, 1.82) is 0 Å². The lowest BCUT2D eigenvalue weighted by molar-refractivity contribution is -0.384. The highest BCUT2D eigenvalue weighted by molar-refractivity contribution is 5.91. The Morgan fingerprint density at radius 2 is 1.86 bits per heavy atom. The van der Waals surface area contributed by atoms with Gasteiger partial charge in [0, 0.05) is 24.3 Å². The second kappa shape index (κ2) is 8.97. The molecule has 1 unspecified atom stereocenters. The Kier molecular flexibility index (Phi) is 7.29. The monoisotopic (exact) mass is 304 g/mol. The summed E-state index contributed by atoms with van der Waals surface area (Å²) in [6, 6.07) is 6.23. The van der Waals surface area contributed by atoms with Crippen molar-refractivity contribution in [3.05, 3.63) is 46.0 Å². The van der Waals surface area contributed by atoms with Crippen LogP contribution in [0.4, 0.5) is 5.69 Å². The summed E-state index contributed by atoms with van der Waals surface area (Å²) in [6.07, 6.45) is 6.35. The molecule has 0 saturated carbocycles. The van der Waals surface area contributed by atoms with Gasteiger partial charge in [-0.25, -0.2) is 0 Å². The van der Waals surface area contributed by atoms with Crippen LogP contribution in [0.5, 0.6) is 0 Å². The van der Waals surface area contributed by atoms with Crippen LogP contribution in [0.3, 0.4) is 0 Å². The van der Waals surface area contributed by atoms with Crippen LogP contribution in [0.25, 0.3) is 6.08 Å². The molecule has 0 fully saturated rings. The first kappa shape index (κ1) is 17.9. The summed E-state index contributed by atoms with van der Waals surface area (Å²) in [6.45, 7) is 6.38. The number of nitrogens with zero attached hydrogens (tertiary/aromatic N) is 1. The maximum atomic E-state index is 11.8. The molecule has 0 aliphatic heterocycles. The Hall–Kier alpha value is -2.17. The summed E-state index contributed by atoms with van der Waals surface area (Å²) < 4.78 is 0. The zero-order valence-corrected chi connectivity index (χ0v) is 13.4. The molecule has 0 spiro atoms. The molecule has 0 saturated heterocycles. The second-order valence-electron chi connectivity index (χ2n) is 5.92. The number of non-ortho nitro benzene ring substituents is 1. The standard InChI is InChI=1S/C17H24N2O3/c1-13(2)5-4-6-14(3)18-17(20)12-9-15-7-10-16(11-8-15)19(21)22/h7-14H,4-6H2,1-3H3,(H,18,20)/b12-9+. The summed E-state index contributed by atoms with van der Waals surface area (Å²) in [7, 11) is 0. The number of carbonyl (C=O) groups excluding carboxylic acids is 1. The van der Waals surface area contributed by atoms with Crippen LogP contribution >= 0.6 is 0 Å². The van der Waals surface area contributed by atoms with E-state index >= 15 is 0 Å². The first-order valence-corrected chi connectivity index (χ1v) is 7.61. The number of hydrogen-bond acceptors (Lipinski definition) is 3. The van der Waals surface area contributed by atoms with Gasteiger partial charge in [-0.05, 0) is 43.0 Å². The van der Waals surface area contributed by atoms with Gasteiger partial charge in [-0.3, -0.25) is 14.9 Å². The normalized spacial score (nSPS) is 12.5. The Morgan fingerprint density at radius 1 is 1.23 bits per heavy atom. The van der Waals surface area contributed by atoms with Crippen molar-refractivity contribution < 1.29 is 9.72 Å². The van der Waals surface area contributed by atoms with Gasteiger partial charge < -0.3 is 5.32 Å². The van der Waals surface area contributed by atoms with Crippen LogP contribution < -0.4 is 5.32 Å². The smallest absolute Gasteiger partial charge is 0.269 e. The van der Waals surface area contributed by atoms with Crippen LogP contribution in [-0.4, -0.2) is 16.9 Å². The molecule has 1 amide bonds. The Bertz CT molecular complexity index is 521. The zero-order chi connectivity index (χ0) is 16.5. The van der Waals surface area contributed by atoms with Crippen LogP contribution in [0.15, 0.2) is 30.3 Å². The van der Waals surface area contributed by atoms with E-state index in [-0.39, 0.29) is 17.6 Å². The molecular weight excluding hydrogens is 280 g/mol. The van der Waals surface area contributed by atoms with Gasteiger partial charge in [-0.15, -0.1) is 0 Å². The highest BCUT2D eigenvalue weighted by Gasteiger charge is 2.06. The third kappa shape index (κ3) is 7.02. The Labute approximate surface area is 131 Å². The molecule has 0 aliphatic carbocycles. The molecule has 1 aromatic carbocycles. The minimum Gasteiger partial charge on any atom is -0.350 e. The molecule has 5 nitrogen and oxygen atoms in total. The molecule has 1 N–H and O–H groups in total. The van der Waals surface area contributed by atoms with Crippen molar-refractivity contribution in [2.24, 2.45) is 5.92 Å². The largest absolute Gasteiger partial charge is 0.350 e. The Balaban J connectivity index is 2.41. The number of nitrogens with one attached hydrogen (secondary N) is 1. The lowest BCUT2D eigenvalue weighted by Gasteiger charge is -2.13. The SMILES string of the molecule is CC(C)CCCC(C)NC(=O)/C=C/c1ccc([N+](=O)[O-])cc1. The first-order chi connectivity index (χ1) is 10.4. The summed E-state index contributed by atoms with van der Waals surface area (Å²) in [4.78, 5) is 21.9. The molecule has 0 aliphatic rings. The molecule has 1 aromatic rings. The van der Waals surface area contributed by atoms with E-state index < -0.39 is 4.92 Å². The van der Waals surface area contributed by atoms with Crippen LogP contribution in [0, 0.1) is 16.0 Å². The maximum Gasteiger partial charge on any atom is 0.269 e. The number of rotatable bonds is 8. The van der Waals surface area contributed by atoms with Crippen molar-refractivity contribution >= 4 is 17.7 Å². The number of benzene rings is 1. The van der Waals surface area contributed by atoms with E-state index in [9.17, 15) is 14.9 Å². The number of amides is 1. The summed E-state index contributed by atoms with van der Waals surface area (Å²) >= 11 is 0. The van der Waals surface area contributed by atoms with Crippen LogP contribution in [0.1, 0.15) is 45.6 Å². The van der Waals surface area contributed by atoms with E-state index in [4.69, 9.17) is 0 Å². The fraction of sp³-hybridized carbons (Fsp3) is 0.471. The average Bonchev–Trinajstić information content (AvgIpc) is 2.45. The molecule has 1 atom stereocenters. The Morgan fingerprint density at radius 3 is 2.41 bits per heavy atom. The van der Waals surface area contributed by atoms with E-state index in [1.54, 1.807) is 18.2 Å². The first-order valence-electron chi connectivity index (χ1n) is 7.61. The number of nitro groups is 1. The molecule has 22 heavy (non-hydrogen) atoms. The predicted octanol–water partition coefficient (Wildman–Crippen LogP) is 3.94. The topological polar surface area (TPSA) is 72.2 Å². The number of nitro benzene ring substituents is 1. The molecule has 1 rings (SSSR count). The van der Waals surface area contributed by atoms with Gasteiger partial charge in [0.25, 0.3) is 5.69 Å². The van der Waals surface area contributed by atoms with E-state index in [0.29, 0.717) is 5.92 Å². The number of hydrogen-bond donors (Lipinski definition) is 1. The maximum absolute atomic E-state index is 11.8. The fourth-order valence-electron chi connectivity index (χ4n) is 2.07. The van der Waals surface area contributed by atoms with Gasteiger partial charge in [-0.2, -0.15) is 0 Å². The lowest BCUT2D eigenvalue weighted by Crippen LogP contribution is -2.31. The van der Waals surface area contributed by atoms with Gasteiger partial charge >= 0.3 is 0 Å².